The smallest absolute Gasteiger partial charge is 0.255 e. The molecule has 0 fully saturated rings. The largest absolute Gasteiger partial charge is 0.493 e. The number of aliphatic hydroxyl groups is 1. The van der Waals surface area contributed by atoms with Crippen molar-refractivity contribution in [2.45, 2.75) is 12.5 Å². The van der Waals surface area contributed by atoms with Crippen molar-refractivity contribution in [1.82, 2.24) is 5.32 Å². The molecule has 7 nitrogen and oxygen atoms in total. The van der Waals surface area contributed by atoms with Crippen LogP contribution in [-0.2, 0) is 10.4 Å². The quantitative estimate of drug-likeness (QED) is 0.628. The second-order valence-corrected chi connectivity index (χ2v) is 6.20. The van der Waals surface area contributed by atoms with Crippen LogP contribution in [0.4, 0.5) is 8.78 Å². The van der Waals surface area contributed by atoms with E-state index in [4.69, 9.17) is 15.2 Å². The van der Waals surface area contributed by atoms with Gasteiger partial charge in [0.25, 0.3) is 11.8 Å². The molecule has 0 saturated carbocycles. The van der Waals surface area contributed by atoms with E-state index >= 15 is 0 Å². The molecule has 0 aliphatic rings. The van der Waals surface area contributed by atoms with Crippen molar-refractivity contribution >= 4 is 11.8 Å². The Balaban J connectivity index is 2.10. The van der Waals surface area contributed by atoms with E-state index in [0.29, 0.717) is 6.07 Å². The number of rotatable bonds is 8. The summed E-state index contributed by atoms with van der Waals surface area (Å²) >= 11 is 0. The Labute approximate surface area is 160 Å². The maximum atomic E-state index is 13.9. The van der Waals surface area contributed by atoms with Gasteiger partial charge in [0.1, 0.15) is 17.2 Å². The first-order chi connectivity index (χ1) is 13.1. The fraction of sp³-hybridized carbons (Fsp3) is 0.263. The van der Waals surface area contributed by atoms with Crippen LogP contribution in [0.25, 0.3) is 0 Å². The molecule has 28 heavy (non-hydrogen) atoms. The molecule has 0 bridgehead atoms. The van der Waals surface area contributed by atoms with Crippen molar-refractivity contribution in [2.75, 3.05) is 20.3 Å². The zero-order valence-corrected chi connectivity index (χ0v) is 15.3. The molecule has 9 heteroatoms. The number of nitrogens with two attached hydrogens (primary N) is 1. The third-order valence-corrected chi connectivity index (χ3v) is 3.90. The van der Waals surface area contributed by atoms with E-state index in [1.165, 1.54) is 32.2 Å². The van der Waals surface area contributed by atoms with Gasteiger partial charge in [0.05, 0.1) is 13.7 Å². The van der Waals surface area contributed by atoms with Crippen molar-refractivity contribution in [3.8, 4) is 11.5 Å². The highest BCUT2D eigenvalue weighted by Crippen LogP contribution is 2.28. The molecule has 2 amide bonds. The van der Waals surface area contributed by atoms with E-state index in [1.54, 1.807) is 0 Å². The highest BCUT2D eigenvalue weighted by molar-refractivity contribution is 5.95. The molecule has 1 unspecified atom stereocenters. The van der Waals surface area contributed by atoms with Crippen LogP contribution in [0.2, 0.25) is 0 Å². The lowest BCUT2D eigenvalue weighted by Crippen LogP contribution is -2.39. The molecule has 2 rings (SSSR count). The van der Waals surface area contributed by atoms with Crippen molar-refractivity contribution < 1.29 is 33.0 Å². The molecule has 0 aliphatic heterocycles. The number of ether oxygens (including phenoxy) is 2. The van der Waals surface area contributed by atoms with Crippen molar-refractivity contribution in [2.24, 2.45) is 5.73 Å². The lowest BCUT2D eigenvalue weighted by Gasteiger charge is -2.25. The minimum atomic E-state index is -1.76. The average Bonchev–Trinajstić information content (AvgIpc) is 2.64. The predicted molar refractivity (Wildman–Crippen MR) is 95.9 cm³/mol. The fourth-order valence-electron chi connectivity index (χ4n) is 2.45. The monoisotopic (exact) mass is 394 g/mol. The van der Waals surface area contributed by atoms with Crippen molar-refractivity contribution in [3.63, 3.8) is 0 Å². The van der Waals surface area contributed by atoms with Crippen molar-refractivity contribution in [1.29, 1.82) is 0 Å². The number of carbonyl (C=O) groups is 2. The van der Waals surface area contributed by atoms with Gasteiger partial charge < -0.3 is 25.6 Å². The first-order valence-corrected chi connectivity index (χ1v) is 8.19. The molecule has 4 N–H and O–H groups in total. The van der Waals surface area contributed by atoms with E-state index in [9.17, 15) is 23.5 Å². The maximum absolute atomic E-state index is 13.9. The Morgan fingerprint density at radius 2 is 1.89 bits per heavy atom. The van der Waals surface area contributed by atoms with Crippen LogP contribution in [-0.4, -0.2) is 37.2 Å². The summed E-state index contributed by atoms with van der Waals surface area (Å²) in [5.41, 5.74) is 3.28. The molecule has 0 aliphatic carbocycles. The zero-order valence-electron chi connectivity index (χ0n) is 15.3. The second-order valence-electron chi connectivity index (χ2n) is 6.20. The molecule has 0 heterocycles. The lowest BCUT2D eigenvalue weighted by atomic mass is 9.95. The molecular weight excluding hydrogens is 374 g/mol. The number of primary amides is 1. The topological polar surface area (TPSA) is 111 Å². The zero-order chi connectivity index (χ0) is 20.9. The van der Waals surface area contributed by atoms with Gasteiger partial charge >= 0.3 is 0 Å². The highest BCUT2D eigenvalue weighted by Gasteiger charge is 2.27. The SMILES string of the molecule is COc1cc(C(=O)NCC(C)(O)c2ccc(F)cc2F)ccc1OCC(N)=O. The summed E-state index contributed by atoms with van der Waals surface area (Å²) in [4.78, 5) is 23.2. The molecule has 0 aromatic heterocycles. The minimum absolute atomic E-state index is 0.151. The average molecular weight is 394 g/mol. The third-order valence-electron chi connectivity index (χ3n) is 3.90. The Hall–Kier alpha value is -3.20. The summed E-state index contributed by atoms with van der Waals surface area (Å²) in [5, 5.41) is 12.9. The van der Waals surface area contributed by atoms with Gasteiger partial charge in [-0.2, -0.15) is 0 Å². The normalized spacial score (nSPS) is 12.8. The number of methoxy groups -OCH3 is 1. The standard InChI is InChI=1S/C19H20F2N2O5/c1-19(26,13-5-4-12(20)8-14(13)21)10-23-18(25)11-3-6-15(16(7-11)27-2)28-9-17(22)24/h3-8,26H,9-10H2,1-2H3,(H2,22,24)(H,23,25). The molecular formula is C19H20F2N2O5. The Kier molecular flexibility index (Phi) is 6.53. The number of hydrogen-bond donors (Lipinski definition) is 3. The van der Waals surface area contributed by atoms with Crippen LogP contribution in [0.15, 0.2) is 36.4 Å². The third kappa shape index (κ3) is 5.17. The Morgan fingerprint density at radius 1 is 1.18 bits per heavy atom. The first kappa shape index (κ1) is 21.1. The Morgan fingerprint density at radius 3 is 2.50 bits per heavy atom. The molecule has 0 saturated heterocycles. The van der Waals surface area contributed by atoms with Gasteiger partial charge in [-0.3, -0.25) is 9.59 Å². The molecule has 2 aromatic carbocycles. The summed E-state index contributed by atoms with van der Waals surface area (Å²) in [7, 11) is 1.36. The van der Waals surface area contributed by atoms with Gasteiger partial charge in [-0.25, -0.2) is 8.78 Å². The number of benzene rings is 2. The predicted octanol–water partition coefficient (Wildman–Crippen LogP) is 1.48. The van der Waals surface area contributed by atoms with Crippen molar-refractivity contribution in [3.05, 3.63) is 59.2 Å². The molecule has 150 valence electrons. The van der Waals surface area contributed by atoms with E-state index < -0.39 is 29.0 Å². The van der Waals surface area contributed by atoms with Crippen LogP contribution in [0.1, 0.15) is 22.8 Å². The first-order valence-electron chi connectivity index (χ1n) is 8.19. The van der Waals surface area contributed by atoms with Crippen LogP contribution < -0.4 is 20.5 Å². The maximum Gasteiger partial charge on any atom is 0.255 e. The van der Waals surface area contributed by atoms with Gasteiger partial charge in [-0.1, -0.05) is 6.07 Å². The second kappa shape index (κ2) is 8.66. The summed E-state index contributed by atoms with van der Waals surface area (Å²) in [6, 6.07) is 7.01. The van der Waals surface area contributed by atoms with Gasteiger partial charge in [0.15, 0.2) is 18.1 Å². The van der Waals surface area contributed by atoms with E-state index in [-0.39, 0.29) is 35.8 Å². The minimum Gasteiger partial charge on any atom is -0.493 e. The Bertz CT molecular complexity index is 887. The summed E-state index contributed by atoms with van der Waals surface area (Å²) in [6.45, 7) is 0.621. The van der Waals surface area contributed by atoms with Gasteiger partial charge in [-0.05, 0) is 31.2 Å². The van der Waals surface area contributed by atoms with Gasteiger partial charge in [-0.15, -0.1) is 0 Å². The van der Waals surface area contributed by atoms with E-state index in [1.807, 2.05) is 0 Å². The highest BCUT2D eigenvalue weighted by atomic mass is 19.1. The summed E-state index contributed by atoms with van der Waals surface area (Å²) < 4.78 is 37.2. The van der Waals surface area contributed by atoms with Crippen LogP contribution in [0, 0.1) is 11.6 Å². The van der Waals surface area contributed by atoms with Gasteiger partial charge in [0.2, 0.25) is 0 Å². The molecule has 0 radical (unpaired) electrons. The number of nitrogens with one attached hydrogen (secondary N) is 1. The van der Waals surface area contributed by atoms with E-state index in [2.05, 4.69) is 5.32 Å². The number of amides is 2. The van der Waals surface area contributed by atoms with Gasteiger partial charge in [0, 0.05) is 17.2 Å². The number of carbonyl (C=O) groups excluding carboxylic acids is 2. The molecule has 2 aromatic rings. The van der Waals surface area contributed by atoms with Crippen LogP contribution in [0.3, 0.4) is 0 Å². The summed E-state index contributed by atoms with van der Waals surface area (Å²) in [6.07, 6.45) is 0. The summed E-state index contributed by atoms with van der Waals surface area (Å²) in [5.74, 6) is -2.51. The number of halogens is 2. The lowest BCUT2D eigenvalue weighted by molar-refractivity contribution is -0.119. The van der Waals surface area contributed by atoms with Crippen LogP contribution in [0.5, 0.6) is 11.5 Å². The van der Waals surface area contributed by atoms with Crippen LogP contribution >= 0.6 is 0 Å². The van der Waals surface area contributed by atoms with E-state index in [0.717, 1.165) is 12.1 Å². The number of hydrogen-bond acceptors (Lipinski definition) is 5. The molecule has 1 atom stereocenters. The molecule has 0 spiro atoms. The fourth-order valence-corrected chi connectivity index (χ4v) is 2.45.